The lowest BCUT2D eigenvalue weighted by atomic mass is 10.0. The Morgan fingerprint density at radius 3 is 2.50 bits per heavy atom. The van der Waals surface area contributed by atoms with Crippen LogP contribution in [0.25, 0.3) is 0 Å². The van der Waals surface area contributed by atoms with E-state index >= 15 is 0 Å². The number of hydrogen-bond acceptors (Lipinski definition) is 2. The fourth-order valence-electron chi connectivity index (χ4n) is 1.39. The number of halogens is 2. The molecule has 1 aliphatic rings. The number of aliphatic carboxylic acids is 1. The summed E-state index contributed by atoms with van der Waals surface area (Å²) in [5.74, 6) is -5.71. The van der Waals surface area contributed by atoms with Crippen molar-refractivity contribution in [2.24, 2.45) is 5.41 Å². The summed E-state index contributed by atoms with van der Waals surface area (Å²) in [4.78, 5) is 10.1. The molecule has 14 heavy (non-hydrogen) atoms. The Labute approximate surface area is 81.5 Å². The quantitative estimate of drug-likeness (QED) is 0.693. The molecule has 1 aliphatic carbocycles. The van der Waals surface area contributed by atoms with Gasteiger partial charge in [-0.3, -0.25) is 0 Å². The Morgan fingerprint density at radius 1 is 1.57 bits per heavy atom. The molecule has 0 unspecified atom stereocenters. The second-order valence-electron chi connectivity index (χ2n) is 3.97. The summed E-state index contributed by atoms with van der Waals surface area (Å²) in [6.07, 6.45) is 3.06. The van der Waals surface area contributed by atoms with Gasteiger partial charge in [-0.2, -0.15) is 8.78 Å². The molecule has 1 saturated carbocycles. The van der Waals surface area contributed by atoms with Crippen LogP contribution >= 0.6 is 0 Å². The topological polar surface area (TPSA) is 49.3 Å². The average Bonchev–Trinajstić information content (AvgIpc) is 2.85. The highest BCUT2D eigenvalue weighted by Gasteiger charge is 2.43. The van der Waals surface area contributed by atoms with Crippen molar-refractivity contribution in [3.05, 3.63) is 0 Å². The molecule has 0 aromatic rings. The molecule has 82 valence electrons. The summed E-state index contributed by atoms with van der Waals surface area (Å²) in [5, 5.41) is 10.7. The van der Waals surface area contributed by atoms with Gasteiger partial charge in [0.05, 0.1) is 6.54 Å². The van der Waals surface area contributed by atoms with Crippen LogP contribution < -0.4 is 5.32 Å². The fourth-order valence-corrected chi connectivity index (χ4v) is 1.39. The molecule has 1 fully saturated rings. The summed E-state index contributed by atoms with van der Waals surface area (Å²) in [7, 11) is 0. The van der Waals surface area contributed by atoms with Crippen LogP contribution in [0.15, 0.2) is 0 Å². The minimum atomic E-state index is -3.65. The second kappa shape index (κ2) is 3.81. The summed E-state index contributed by atoms with van der Waals surface area (Å²) in [5.41, 5.74) is 0.161. The van der Waals surface area contributed by atoms with Crippen molar-refractivity contribution in [2.45, 2.75) is 32.1 Å². The Hall–Kier alpha value is -0.710. The van der Waals surface area contributed by atoms with Gasteiger partial charge in [0.2, 0.25) is 0 Å². The third-order valence-corrected chi connectivity index (χ3v) is 2.87. The van der Waals surface area contributed by atoms with Gasteiger partial charge in [-0.05, 0) is 24.7 Å². The van der Waals surface area contributed by atoms with Gasteiger partial charge in [0.1, 0.15) is 0 Å². The molecule has 0 heterocycles. The van der Waals surface area contributed by atoms with Gasteiger partial charge in [0.25, 0.3) is 0 Å². The first-order chi connectivity index (χ1) is 6.42. The molecule has 0 aromatic carbocycles. The molecule has 0 radical (unpaired) electrons. The van der Waals surface area contributed by atoms with Crippen molar-refractivity contribution in [1.82, 2.24) is 5.32 Å². The van der Waals surface area contributed by atoms with Crippen molar-refractivity contribution >= 4 is 5.97 Å². The monoisotopic (exact) mass is 207 g/mol. The van der Waals surface area contributed by atoms with Crippen LogP contribution in [0.1, 0.15) is 26.2 Å². The largest absolute Gasteiger partial charge is 0.477 e. The lowest BCUT2D eigenvalue weighted by molar-refractivity contribution is -0.164. The third-order valence-electron chi connectivity index (χ3n) is 2.87. The van der Waals surface area contributed by atoms with E-state index in [1.54, 1.807) is 0 Å². The second-order valence-corrected chi connectivity index (χ2v) is 3.97. The van der Waals surface area contributed by atoms with E-state index in [0.717, 1.165) is 19.3 Å². The molecule has 0 saturated heterocycles. The lowest BCUT2D eigenvalue weighted by Gasteiger charge is -2.16. The van der Waals surface area contributed by atoms with E-state index in [9.17, 15) is 13.6 Å². The highest BCUT2D eigenvalue weighted by Crippen LogP contribution is 2.47. The number of nitrogens with one attached hydrogen (secondary N) is 1. The van der Waals surface area contributed by atoms with Crippen LogP contribution in [-0.2, 0) is 4.79 Å². The number of carboxylic acid groups (broad SMARTS) is 1. The van der Waals surface area contributed by atoms with E-state index in [1.807, 2.05) is 6.92 Å². The zero-order valence-corrected chi connectivity index (χ0v) is 8.15. The van der Waals surface area contributed by atoms with E-state index in [1.165, 1.54) is 0 Å². The van der Waals surface area contributed by atoms with Crippen LogP contribution in [0, 0.1) is 5.41 Å². The van der Waals surface area contributed by atoms with Crippen LogP contribution in [0.5, 0.6) is 0 Å². The van der Waals surface area contributed by atoms with Crippen molar-refractivity contribution in [2.75, 3.05) is 13.1 Å². The summed E-state index contributed by atoms with van der Waals surface area (Å²) in [6, 6.07) is 0. The number of carboxylic acids is 1. The van der Waals surface area contributed by atoms with E-state index < -0.39 is 18.4 Å². The maximum absolute atomic E-state index is 12.6. The van der Waals surface area contributed by atoms with Gasteiger partial charge in [-0.25, -0.2) is 4.79 Å². The van der Waals surface area contributed by atoms with Crippen molar-refractivity contribution < 1.29 is 18.7 Å². The minimum absolute atomic E-state index is 0.161. The molecule has 0 atom stereocenters. The first kappa shape index (κ1) is 11.4. The van der Waals surface area contributed by atoms with E-state index in [4.69, 9.17) is 5.11 Å². The molecular weight excluding hydrogens is 192 g/mol. The maximum atomic E-state index is 12.6. The van der Waals surface area contributed by atoms with Gasteiger partial charge in [-0.15, -0.1) is 0 Å². The van der Waals surface area contributed by atoms with E-state index in [2.05, 4.69) is 5.32 Å². The predicted molar refractivity (Wildman–Crippen MR) is 47.4 cm³/mol. The highest BCUT2D eigenvalue weighted by molar-refractivity contribution is 5.75. The smallest absolute Gasteiger partial charge is 0.375 e. The highest BCUT2D eigenvalue weighted by atomic mass is 19.3. The van der Waals surface area contributed by atoms with Crippen LogP contribution in [0.3, 0.4) is 0 Å². The Bertz CT molecular complexity index is 227. The van der Waals surface area contributed by atoms with Crippen molar-refractivity contribution in [3.8, 4) is 0 Å². The average molecular weight is 207 g/mol. The molecule has 3 nitrogen and oxygen atoms in total. The Morgan fingerprint density at radius 2 is 2.14 bits per heavy atom. The van der Waals surface area contributed by atoms with E-state index in [-0.39, 0.29) is 5.41 Å². The molecule has 0 spiro atoms. The first-order valence-electron chi connectivity index (χ1n) is 4.74. The van der Waals surface area contributed by atoms with E-state index in [0.29, 0.717) is 6.54 Å². The van der Waals surface area contributed by atoms with Gasteiger partial charge >= 0.3 is 11.9 Å². The Kier molecular flexibility index (Phi) is 3.09. The summed E-state index contributed by atoms with van der Waals surface area (Å²) >= 11 is 0. The maximum Gasteiger partial charge on any atom is 0.375 e. The fraction of sp³-hybridized carbons (Fsp3) is 0.889. The summed E-state index contributed by atoms with van der Waals surface area (Å²) in [6.45, 7) is 1.74. The standard InChI is InChI=1S/C9H15F2NO2/c1-2-8(3-4-8)5-12-6-9(10,11)7(13)14/h12H,2-6H2,1H3,(H,13,14). The van der Waals surface area contributed by atoms with Crippen molar-refractivity contribution in [3.63, 3.8) is 0 Å². The minimum Gasteiger partial charge on any atom is -0.477 e. The van der Waals surface area contributed by atoms with Crippen LogP contribution in [-0.4, -0.2) is 30.1 Å². The number of hydrogen-bond donors (Lipinski definition) is 2. The lowest BCUT2D eigenvalue weighted by Crippen LogP contribution is -2.41. The summed E-state index contributed by atoms with van der Waals surface area (Å²) < 4.78 is 25.2. The predicted octanol–water partition coefficient (Wildman–Crippen LogP) is 1.49. The third kappa shape index (κ3) is 2.64. The molecule has 0 aliphatic heterocycles. The number of alkyl halides is 2. The molecule has 5 heteroatoms. The first-order valence-corrected chi connectivity index (χ1v) is 4.74. The molecular formula is C9H15F2NO2. The van der Waals surface area contributed by atoms with Crippen LogP contribution in [0.2, 0.25) is 0 Å². The zero-order valence-electron chi connectivity index (χ0n) is 8.15. The van der Waals surface area contributed by atoms with Gasteiger partial charge < -0.3 is 10.4 Å². The normalized spacial score (nSPS) is 19.4. The zero-order chi connectivity index (χ0) is 10.8. The molecule has 0 bridgehead atoms. The van der Waals surface area contributed by atoms with Gasteiger partial charge in [0.15, 0.2) is 0 Å². The molecule has 0 aromatic heterocycles. The van der Waals surface area contributed by atoms with Crippen molar-refractivity contribution in [1.29, 1.82) is 0 Å². The number of carbonyl (C=O) groups is 1. The SMILES string of the molecule is CCC1(CNCC(F)(F)C(=O)O)CC1. The van der Waals surface area contributed by atoms with Gasteiger partial charge in [0, 0.05) is 6.54 Å². The molecule has 0 amide bonds. The molecule has 2 N–H and O–H groups in total. The molecule has 1 rings (SSSR count). The van der Waals surface area contributed by atoms with Gasteiger partial charge in [-0.1, -0.05) is 6.92 Å². The van der Waals surface area contributed by atoms with Crippen LogP contribution in [0.4, 0.5) is 8.78 Å². The number of rotatable bonds is 6. The Balaban J connectivity index is 2.24.